The van der Waals surface area contributed by atoms with Gasteiger partial charge in [-0.2, -0.15) is 4.99 Å². The van der Waals surface area contributed by atoms with E-state index in [0.29, 0.717) is 48.5 Å². The molecule has 1 saturated heterocycles. The van der Waals surface area contributed by atoms with Crippen molar-refractivity contribution >= 4 is 34.6 Å². The highest BCUT2D eigenvalue weighted by atomic mass is 32.2. The lowest BCUT2D eigenvalue weighted by Gasteiger charge is -2.36. The van der Waals surface area contributed by atoms with Gasteiger partial charge < -0.3 is 14.5 Å². The van der Waals surface area contributed by atoms with Gasteiger partial charge in [-0.15, -0.1) is 0 Å². The molecule has 0 atom stereocenters. The van der Waals surface area contributed by atoms with Crippen LogP contribution in [0.3, 0.4) is 0 Å². The lowest BCUT2D eigenvalue weighted by Crippen LogP contribution is -2.48. The molecule has 0 aliphatic carbocycles. The summed E-state index contributed by atoms with van der Waals surface area (Å²) in [5, 5.41) is 0.701. The number of benzene rings is 3. The van der Waals surface area contributed by atoms with E-state index in [2.05, 4.69) is 41.1 Å². The maximum atomic E-state index is 14.1. The van der Waals surface area contributed by atoms with Crippen molar-refractivity contribution in [2.24, 2.45) is 4.99 Å². The van der Waals surface area contributed by atoms with Crippen LogP contribution in [0.4, 0.5) is 10.1 Å². The fourth-order valence-electron chi connectivity index (χ4n) is 4.10. The first-order valence-electron chi connectivity index (χ1n) is 11.6. The molecule has 178 valence electrons. The number of halogens is 1. The lowest BCUT2D eigenvalue weighted by atomic mass is 10.1. The molecule has 0 saturated carbocycles. The van der Waals surface area contributed by atoms with Gasteiger partial charge in [0.05, 0.1) is 10.6 Å². The quantitative estimate of drug-likeness (QED) is 0.445. The van der Waals surface area contributed by atoms with E-state index in [9.17, 15) is 9.18 Å². The summed E-state index contributed by atoms with van der Waals surface area (Å²) in [4.78, 5) is 21.7. The SMILES string of the molecule is Cc1ccc(COc2ccccc2/C=C2\SC(N3CCN(c4ccccc4F)CC3)=NC2=O)cc1. The number of carbonyl (C=O) groups is 1. The molecule has 0 unspecified atom stereocenters. The highest BCUT2D eigenvalue weighted by molar-refractivity contribution is 8.18. The van der Waals surface area contributed by atoms with Crippen molar-refractivity contribution in [3.63, 3.8) is 0 Å². The van der Waals surface area contributed by atoms with Crippen molar-refractivity contribution in [2.45, 2.75) is 13.5 Å². The van der Waals surface area contributed by atoms with Crippen LogP contribution in [0.5, 0.6) is 5.75 Å². The third-order valence-electron chi connectivity index (χ3n) is 6.07. The molecule has 2 heterocycles. The van der Waals surface area contributed by atoms with Gasteiger partial charge in [-0.1, -0.05) is 60.2 Å². The molecule has 3 aromatic rings. The summed E-state index contributed by atoms with van der Waals surface area (Å²) >= 11 is 1.38. The molecule has 2 aliphatic heterocycles. The topological polar surface area (TPSA) is 45.1 Å². The number of anilines is 1. The number of carbonyl (C=O) groups excluding carboxylic acids is 1. The second-order valence-electron chi connectivity index (χ2n) is 8.55. The molecule has 0 N–H and O–H groups in total. The predicted octanol–water partition coefficient (Wildman–Crippen LogP) is 5.51. The lowest BCUT2D eigenvalue weighted by molar-refractivity contribution is -0.113. The van der Waals surface area contributed by atoms with Gasteiger partial charge in [0.1, 0.15) is 18.2 Å². The van der Waals surface area contributed by atoms with Crippen LogP contribution < -0.4 is 9.64 Å². The van der Waals surface area contributed by atoms with Crippen LogP contribution >= 0.6 is 11.8 Å². The van der Waals surface area contributed by atoms with E-state index in [1.165, 1.54) is 23.4 Å². The van der Waals surface area contributed by atoms with Crippen LogP contribution in [-0.4, -0.2) is 42.2 Å². The first-order valence-corrected chi connectivity index (χ1v) is 12.4. The third-order valence-corrected chi connectivity index (χ3v) is 7.12. The summed E-state index contributed by atoms with van der Waals surface area (Å²) in [7, 11) is 0. The maximum absolute atomic E-state index is 14.1. The summed E-state index contributed by atoms with van der Waals surface area (Å²) in [5.74, 6) is 0.271. The van der Waals surface area contributed by atoms with E-state index >= 15 is 0 Å². The van der Waals surface area contributed by atoms with Crippen LogP contribution in [0.25, 0.3) is 6.08 Å². The largest absolute Gasteiger partial charge is 0.488 e. The third kappa shape index (κ3) is 5.41. The number of amidine groups is 1. The molecule has 0 aromatic heterocycles. The average molecular weight is 488 g/mol. The Morgan fingerprint density at radius 1 is 0.943 bits per heavy atom. The number of thioether (sulfide) groups is 1. The predicted molar refractivity (Wildman–Crippen MR) is 140 cm³/mol. The molecule has 7 heteroatoms. The van der Waals surface area contributed by atoms with Gasteiger partial charge in [0.2, 0.25) is 0 Å². The molecule has 0 bridgehead atoms. The fourth-order valence-corrected chi connectivity index (χ4v) is 5.05. The van der Waals surface area contributed by atoms with Crippen molar-refractivity contribution in [2.75, 3.05) is 31.1 Å². The van der Waals surface area contributed by atoms with E-state index in [1.807, 2.05) is 41.3 Å². The van der Waals surface area contributed by atoms with E-state index in [-0.39, 0.29) is 11.7 Å². The second kappa shape index (κ2) is 10.4. The Balaban J connectivity index is 1.23. The van der Waals surface area contributed by atoms with Gasteiger partial charge in [0, 0.05) is 31.7 Å². The van der Waals surface area contributed by atoms with Gasteiger partial charge in [-0.3, -0.25) is 4.79 Å². The Kier molecular flexibility index (Phi) is 6.86. The maximum Gasteiger partial charge on any atom is 0.286 e. The highest BCUT2D eigenvalue weighted by Crippen LogP contribution is 2.33. The van der Waals surface area contributed by atoms with Crippen LogP contribution in [0, 0.1) is 12.7 Å². The highest BCUT2D eigenvalue weighted by Gasteiger charge is 2.29. The van der Waals surface area contributed by atoms with E-state index in [4.69, 9.17) is 4.74 Å². The molecule has 0 spiro atoms. The number of amides is 1. The summed E-state index contributed by atoms with van der Waals surface area (Å²) in [6.45, 7) is 5.21. The van der Waals surface area contributed by atoms with Crippen LogP contribution in [-0.2, 0) is 11.4 Å². The van der Waals surface area contributed by atoms with Crippen molar-refractivity contribution in [3.05, 3.63) is 100 Å². The Labute approximate surface area is 208 Å². The standard InChI is InChI=1S/C28H26FN3O2S/c1-20-10-12-21(13-11-20)19-34-25-9-5-2-6-22(25)18-26-27(33)30-28(35-26)32-16-14-31(15-17-32)24-8-4-3-7-23(24)29/h2-13,18H,14-17,19H2,1H3/b26-18-. The number of nitrogens with zero attached hydrogens (tertiary/aromatic N) is 3. The van der Waals surface area contributed by atoms with Crippen LogP contribution in [0.2, 0.25) is 0 Å². The minimum Gasteiger partial charge on any atom is -0.488 e. The Bertz CT molecular complexity index is 1280. The molecule has 2 aliphatic rings. The zero-order valence-electron chi connectivity index (χ0n) is 19.5. The molecule has 1 fully saturated rings. The average Bonchev–Trinajstić information content (AvgIpc) is 3.25. The molecular weight excluding hydrogens is 461 g/mol. The van der Waals surface area contributed by atoms with Crippen molar-refractivity contribution < 1.29 is 13.9 Å². The Hall–Kier alpha value is -3.58. The van der Waals surface area contributed by atoms with E-state index in [0.717, 1.165) is 16.9 Å². The summed E-state index contributed by atoms with van der Waals surface area (Å²) < 4.78 is 20.2. The number of piperazine rings is 1. The molecule has 1 amide bonds. The smallest absolute Gasteiger partial charge is 0.286 e. The van der Waals surface area contributed by atoms with Crippen LogP contribution in [0.1, 0.15) is 16.7 Å². The minimum absolute atomic E-state index is 0.211. The zero-order chi connectivity index (χ0) is 24.2. The first-order chi connectivity index (χ1) is 17.1. The Morgan fingerprint density at radius 3 is 2.40 bits per heavy atom. The molecule has 3 aromatic carbocycles. The van der Waals surface area contributed by atoms with Crippen molar-refractivity contribution in [1.29, 1.82) is 0 Å². The number of ether oxygens (including phenoxy) is 1. The Morgan fingerprint density at radius 2 is 1.63 bits per heavy atom. The van der Waals surface area contributed by atoms with Gasteiger partial charge in [-0.05, 0) is 48.5 Å². The number of hydrogen-bond acceptors (Lipinski definition) is 5. The minimum atomic E-state index is -0.241. The van der Waals surface area contributed by atoms with Crippen molar-refractivity contribution in [3.8, 4) is 5.75 Å². The zero-order valence-corrected chi connectivity index (χ0v) is 20.3. The summed E-state index contributed by atoms with van der Waals surface area (Å²) in [5.41, 5.74) is 3.76. The summed E-state index contributed by atoms with van der Waals surface area (Å²) in [6.07, 6.45) is 1.85. The van der Waals surface area contributed by atoms with Gasteiger partial charge >= 0.3 is 0 Å². The molecule has 35 heavy (non-hydrogen) atoms. The second-order valence-corrected chi connectivity index (χ2v) is 9.56. The first kappa shape index (κ1) is 23.2. The molecular formula is C28H26FN3O2S. The van der Waals surface area contributed by atoms with Gasteiger partial charge in [-0.25, -0.2) is 4.39 Å². The molecule has 0 radical (unpaired) electrons. The van der Waals surface area contributed by atoms with Gasteiger partial charge in [0.15, 0.2) is 5.17 Å². The number of para-hydroxylation sites is 2. The number of rotatable bonds is 5. The monoisotopic (exact) mass is 487 g/mol. The summed E-state index contributed by atoms with van der Waals surface area (Å²) in [6, 6.07) is 22.8. The van der Waals surface area contributed by atoms with Crippen LogP contribution in [0.15, 0.2) is 82.7 Å². The number of hydrogen-bond donors (Lipinski definition) is 0. The van der Waals surface area contributed by atoms with Crippen molar-refractivity contribution in [1.82, 2.24) is 4.90 Å². The molecule has 5 rings (SSSR count). The van der Waals surface area contributed by atoms with E-state index < -0.39 is 0 Å². The normalized spacial score (nSPS) is 17.1. The number of aryl methyl sites for hydroxylation is 1. The fraction of sp³-hybridized carbons (Fsp3) is 0.214. The van der Waals surface area contributed by atoms with E-state index in [1.54, 1.807) is 12.1 Å². The molecule has 5 nitrogen and oxygen atoms in total. The number of aliphatic imine (C=N–C) groups is 1. The van der Waals surface area contributed by atoms with Gasteiger partial charge in [0.25, 0.3) is 5.91 Å².